The lowest BCUT2D eigenvalue weighted by molar-refractivity contribution is 0.402. The number of allylic oxidation sites excluding steroid dienone is 2. The number of pyridine rings is 1. The lowest BCUT2D eigenvalue weighted by Gasteiger charge is -2.15. The summed E-state index contributed by atoms with van der Waals surface area (Å²) in [6.07, 6.45) is 7.10. The molecule has 0 bridgehead atoms. The Hall–Kier alpha value is -2.17. The van der Waals surface area contributed by atoms with Gasteiger partial charge in [-0.25, -0.2) is 0 Å². The fourth-order valence-corrected chi connectivity index (χ4v) is 2.36. The SMILES string of the molecule is CC1CC=C(c2nc(-c3ccc(=O)n(C)c3)no2)CC1. The van der Waals surface area contributed by atoms with Gasteiger partial charge < -0.3 is 9.09 Å². The first-order valence-electron chi connectivity index (χ1n) is 6.83. The van der Waals surface area contributed by atoms with E-state index in [0.717, 1.165) is 36.3 Å². The predicted octanol–water partition coefficient (Wildman–Crippen LogP) is 2.64. The van der Waals surface area contributed by atoms with Gasteiger partial charge in [0.1, 0.15) is 0 Å². The third-order valence-corrected chi connectivity index (χ3v) is 3.72. The topological polar surface area (TPSA) is 60.9 Å². The van der Waals surface area contributed by atoms with Gasteiger partial charge in [-0.1, -0.05) is 18.2 Å². The Kier molecular flexibility index (Phi) is 3.26. The molecule has 0 radical (unpaired) electrons. The van der Waals surface area contributed by atoms with Gasteiger partial charge in [0, 0.05) is 30.4 Å². The van der Waals surface area contributed by atoms with Crippen molar-refractivity contribution in [3.8, 4) is 11.4 Å². The van der Waals surface area contributed by atoms with E-state index in [0.29, 0.717) is 11.7 Å². The molecule has 0 aliphatic heterocycles. The zero-order chi connectivity index (χ0) is 14.1. The van der Waals surface area contributed by atoms with Crippen molar-refractivity contribution in [3.63, 3.8) is 0 Å². The van der Waals surface area contributed by atoms with Crippen molar-refractivity contribution in [1.82, 2.24) is 14.7 Å². The number of aryl methyl sites for hydroxylation is 1. The highest BCUT2D eigenvalue weighted by atomic mass is 16.5. The molecule has 2 aromatic heterocycles. The molecule has 1 unspecified atom stereocenters. The van der Waals surface area contributed by atoms with E-state index < -0.39 is 0 Å². The molecule has 3 rings (SSSR count). The molecule has 5 heteroatoms. The Morgan fingerprint density at radius 3 is 2.95 bits per heavy atom. The summed E-state index contributed by atoms with van der Waals surface area (Å²) in [6.45, 7) is 2.25. The van der Waals surface area contributed by atoms with Crippen LogP contribution in [0, 0.1) is 5.92 Å². The van der Waals surface area contributed by atoms with Gasteiger partial charge in [-0.05, 0) is 31.2 Å². The van der Waals surface area contributed by atoms with Crippen LogP contribution in [0.1, 0.15) is 32.1 Å². The Morgan fingerprint density at radius 1 is 1.40 bits per heavy atom. The van der Waals surface area contributed by atoms with Crippen LogP contribution in [0.15, 0.2) is 33.7 Å². The molecule has 2 aromatic rings. The predicted molar refractivity (Wildman–Crippen MR) is 76.0 cm³/mol. The monoisotopic (exact) mass is 271 g/mol. The number of aromatic nitrogens is 3. The summed E-state index contributed by atoms with van der Waals surface area (Å²) >= 11 is 0. The van der Waals surface area contributed by atoms with Crippen molar-refractivity contribution < 1.29 is 4.52 Å². The highest BCUT2D eigenvalue weighted by Gasteiger charge is 2.17. The van der Waals surface area contributed by atoms with E-state index in [1.807, 2.05) is 0 Å². The van der Waals surface area contributed by atoms with Crippen LogP contribution in [0.4, 0.5) is 0 Å². The fraction of sp³-hybridized carbons (Fsp3) is 0.400. The molecule has 0 spiro atoms. The van der Waals surface area contributed by atoms with E-state index in [1.165, 1.54) is 10.6 Å². The summed E-state index contributed by atoms with van der Waals surface area (Å²) in [6, 6.07) is 3.22. The molecule has 20 heavy (non-hydrogen) atoms. The van der Waals surface area contributed by atoms with Gasteiger partial charge in [0.05, 0.1) is 0 Å². The van der Waals surface area contributed by atoms with E-state index in [-0.39, 0.29) is 5.56 Å². The minimum atomic E-state index is -0.0542. The molecule has 1 aliphatic rings. The summed E-state index contributed by atoms with van der Waals surface area (Å²) in [7, 11) is 1.71. The first kappa shape index (κ1) is 12.8. The van der Waals surface area contributed by atoms with E-state index in [4.69, 9.17) is 4.52 Å². The molecule has 104 valence electrons. The first-order valence-corrected chi connectivity index (χ1v) is 6.83. The quantitative estimate of drug-likeness (QED) is 0.842. The Balaban J connectivity index is 1.90. The van der Waals surface area contributed by atoms with Crippen molar-refractivity contribution in [2.24, 2.45) is 13.0 Å². The highest BCUT2D eigenvalue weighted by molar-refractivity contribution is 5.62. The smallest absolute Gasteiger partial charge is 0.253 e. The van der Waals surface area contributed by atoms with Gasteiger partial charge in [-0.2, -0.15) is 4.98 Å². The zero-order valence-corrected chi connectivity index (χ0v) is 11.7. The number of nitrogens with zero attached hydrogens (tertiary/aromatic N) is 3. The van der Waals surface area contributed by atoms with Gasteiger partial charge in [0.2, 0.25) is 11.4 Å². The average molecular weight is 271 g/mol. The average Bonchev–Trinajstić information content (AvgIpc) is 2.92. The minimum Gasteiger partial charge on any atom is -0.334 e. The van der Waals surface area contributed by atoms with Gasteiger partial charge in [0.25, 0.3) is 5.89 Å². The molecule has 0 N–H and O–H groups in total. The maximum Gasteiger partial charge on any atom is 0.253 e. The molecule has 1 aliphatic carbocycles. The summed E-state index contributed by atoms with van der Waals surface area (Å²) in [5.74, 6) is 1.85. The molecule has 5 nitrogen and oxygen atoms in total. The third-order valence-electron chi connectivity index (χ3n) is 3.72. The minimum absolute atomic E-state index is 0.0542. The molecule has 0 saturated heterocycles. The number of hydrogen-bond donors (Lipinski definition) is 0. The second-order valence-electron chi connectivity index (χ2n) is 5.40. The highest BCUT2D eigenvalue weighted by Crippen LogP contribution is 2.29. The van der Waals surface area contributed by atoms with Crippen molar-refractivity contribution >= 4 is 5.57 Å². The van der Waals surface area contributed by atoms with Crippen LogP contribution >= 0.6 is 0 Å². The van der Waals surface area contributed by atoms with Crippen molar-refractivity contribution in [2.75, 3.05) is 0 Å². The molecule has 0 saturated carbocycles. The van der Waals surface area contributed by atoms with Crippen LogP contribution in [0.5, 0.6) is 0 Å². The van der Waals surface area contributed by atoms with Crippen LogP contribution in [0.25, 0.3) is 17.0 Å². The van der Waals surface area contributed by atoms with Crippen molar-refractivity contribution in [3.05, 3.63) is 40.7 Å². The first-order chi connectivity index (χ1) is 9.63. The van der Waals surface area contributed by atoms with Crippen LogP contribution < -0.4 is 5.56 Å². The molecular formula is C15H17N3O2. The standard InChI is InChI=1S/C15H17N3O2/c1-10-3-5-11(6-4-10)15-16-14(17-20-15)12-7-8-13(19)18(2)9-12/h5,7-10H,3-4,6H2,1-2H3. The third kappa shape index (κ3) is 2.43. The van der Waals surface area contributed by atoms with Gasteiger partial charge >= 0.3 is 0 Å². The Bertz CT molecular complexity index is 712. The number of hydrogen-bond acceptors (Lipinski definition) is 4. The molecule has 0 aromatic carbocycles. The zero-order valence-electron chi connectivity index (χ0n) is 11.7. The Labute approximate surface area is 116 Å². The fourth-order valence-electron chi connectivity index (χ4n) is 2.36. The van der Waals surface area contributed by atoms with E-state index in [2.05, 4.69) is 23.1 Å². The normalized spacial score (nSPS) is 18.9. The molecular weight excluding hydrogens is 254 g/mol. The summed E-state index contributed by atoms with van der Waals surface area (Å²) < 4.78 is 6.85. The van der Waals surface area contributed by atoms with Crippen molar-refractivity contribution in [1.29, 1.82) is 0 Å². The molecule has 1 atom stereocenters. The van der Waals surface area contributed by atoms with Crippen LogP contribution in [-0.4, -0.2) is 14.7 Å². The van der Waals surface area contributed by atoms with E-state index >= 15 is 0 Å². The molecule has 0 fully saturated rings. The van der Waals surface area contributed by atoms with Gasteiger partial charge in [-0.15, -0.1) is 0 Å². The van der Waals surface area contributed by atoms with Gasteiger partial charge in [0.15, 0.2) is 0 Å². The lowest BCUT2D eigenvalue weighted by Crippen LogP contribution is -2.14. The van der Waals surface area contributed by atoms with Gasteiger partial charge in [-0.3, -0.25) is 4.79 Å². The van der Waals surface area contributed by atoms with Crippen LogP contribution in [0.3, 0.4) is 0 Å². The summed E-state index contributed by atoms with van der Waals surface area (Å²) in [5.41, 5.74) is 1.86. The maximum atomic E-state index is 11.4. The Morgan fingerprint density at radius 2 is 2.25 bits per heavy atom. The van der Waals surface area contributed by atoms with Crippen LogP contribution in [-0.2, 0) is 7.05 Å². The van der Waals surface area contributed by atoms with Crippen LogP contribution in [0.2, 0.25) is 0 Å². The second-order valence-corrected chi connectivity index (χ2v) is 5.40. The number of rotatable bonds is 2. The maximum absolute atomic E-state index is 11.4. The van der Waals surface area contributed by atoms with E-state index in [9.17, 15) is 4.79 Å². The van der Waals surface area contributed by atoms with Crippen molar-refractivity contribution in [2.45, 2.75) is 26.2 Å². The molecule has 0 amide bonds. The second kappa shape index (κ2) is 5.07. The summed E-state index contributed by atoms with van der Waals surface area (Å²) in [4.78, 5) is 15.8. The summed E-state index contributed by atoms with van der Waals surface area (Å²) in [5, 5.41) is 4.01. The van der Waals surface area contributed by atoms with E-state index in [1.54, 1.807) is 19.3 Å². The largest absolute Gasteiger partial charge is 0.334 e. The lowest BCUT2D eigenvalue weighted by atomic mass is 9.91. The molecule has 2 heterocycles.